The van der Waals surface area contributed by atoms with Gasteiger partial charge in [0, 0.05) is 19.2 Å². The van der Waals surface area contributed by atoms with Crippen LogP contribution in [0.25, 0.3) is 0 Å². The summed E-state index contributed by atoms with van der Waals surface area (Å²) in [5.41, 5.74) is 5.26. The lowest BCUT2D eigenvalue weighted by atomic mass is 9.85. The summed E-state index contributed by atoms with van der Waals surface area (Å²) in [7, 11) is 0. The Balaban J connectivity index is 2.24. The van der Waals surface area contributed by atoms with Crippen LogP contribution in [0.2, 0.25) is 0 Å². The van der Waals surface area contributed by atoms with Crippen molar-refractivity contribution < 1.29 is 14.6 Å². The molecule has 94 valence electrons. The fourth-order valence-electron chi connectivity index (χ4n) is 1.74. The monoisotopic (exact) mass is 230 g/mol. The molecule has 0 spiro atoms. The average Bonchev–Trinajstić information content (AvgIpc) is 2.60. The molecule has 1 rings (SSSR count). The molecule has 0 radical (unpaired) electrons. The van der Waals surface area contributed by atoms with Crippen molar-refractivity contribution in [3.05, 3.63) is 0 Å². The van der Waals surface area contributed by atoms with Crippen LogP contribution in [-0.2, 0) is 9.53 Å². The molecule has 0 saturated carbocycles. The van der Waals surface area contributed by atoms with Gasteiger partial charge >= 0.3 is 0 Å². The number of aliphatic hydroxyl groups is 1. The Bertz CT molecular complexity index is 235. The van der Waals surface area contributed by atoms with E-state index in [4.69, 9.17) is 15.6 Å². The van der Waals surface area contributed by atoms with Gasteiger partial charge in [-0.15, -0.1) is 0 Å². The van der Waals surface area contributed by atoms with E-state index in [0.29, 0.717) is 19.8 Å². The Morgan fingerprint density at radius 1 is 1.56 bits per heavy atom. The van der Waals surface area contributed by atoms with Gasteiger partial charge in [0.1, 0.15) is 0 Å². The third-order valence-corrected chi connectivity index (χ3v) is 3.16. The van der Waals surface area contributed by atoms with Crippen molar-refractivity contribution in [1.29, 1.82) is 0 Å². The highest BCUT2D eigenvalue weighted by Crippen LogP contribution is 2.26. The van der Waals surface area contributed by atoms with E-state index in [0.717, 1.165) is 19.3 Å². The Hall–Kier alpha value is -0.650. The number of nitrogens with one attached hydrogen (secondary N) is 1. The molecule has 5 heteroatoms. The van der Waals surface area contributed by atoms with Crippen LogP contribution in [0.15, 0.2) is 0 Å². The summed E-state index contributed by atoms with van der Waals surface area (Å²) < 4.78 is 5.22. The smallest absolute Gasteiger partial charge is 0.229 e. The highest BCUT2D eigenvalue weighted by atomic mass is 16.5. The number of hydrogen-bond donors (Lipinski definition) is 3. The molecular formula is C11H22N2O3. The lowest BCUT2D eigenvalue weighted by molar-refractivity contribution is -0.130. The van der Waals surface area contributed by atoms with Crippen molar-refractivity contribution in [3.8, 4) is 0 Å². The van der Waals surface area contributed by atoms with Crippen molar-refractivity contribution >= 4 is 5.91 Å². The first-order valence-corrected chi connectivity index (χ1v) is 5.84. The topological polar surface area (TPSA) is 84.6 Å². The zero-order valence-electron chi connectivity index (χ0n) is 9.87. The van der Waals surface area contributed by atoms with E-state index in [2.05, 4.69) is 5.32 Å². The minimum Gasteiger partial charge on any atom is -0.396 e. The quantitative estimate of drug-likeness (QED) is 0.543. The second-order valence-electron chi connectivity index (χ2n) is 4.58. The van der Waals surface area contributed by atoms with Crippen LogP contribution < -0.4 is 11.1 Å². The van der Waals surface area contributed by atoms with Gasteiger partial charge in [0.15, 0.2) is 0 Å². The Kier molecular flexibility index (Phi) is 5.18. The maximum Gasteiger partial charge on any atom is 0.229 e. The highest BCUT2D eigenvalue weighted by molar-refractivity contribution is 5.83. The molecule has 1 amide bonds. The molecule has 0 aliphatic carbocycles. The van der Waals surface area contributed by atoms with Crippen LogP contribution in [-0.4, -0.2) is 43.4 Å². The van der Waals surface area contributed by atoms with Gasteiger partial charge in [-0.1, -0.05) is 0 Å². The molecule has 1 aliphatic rings. The molecule has 0 aromatic rings. The SMILES string of the molecule is CC1(C(=O)NCCCCCO)COCC1N. The predicted molar refractivity (Wildman–Crippen MR) is 60.8 cm³/mol. The second-order valence-corrected chi connectivity index (χ2v) is 4.58. The number of carbonyl (C=O) groups is 1. The fraction of sp³-hybridized carbons (Fsp3) is 0.909. The summed E-state index contributed by atoms with van der Waals surface area (Å²) in [4.78, 5) is 11.9. The van der Waals surface area contributed by atoms with E-state index in [1.807, 2.05) is 6.92 Å². The lowest BCUT2D eigenvalue weighted by Gasteiger charge is -2.25. The first-order valence-electron chi connectivity index (χ1n) is 5.84. The molecule has 2 atom stereocenters. The summed E-state index contributed by atoms with van der Waals surface area (Å²) in [6, 6.07) is -0.218. The maximum atomic E-state index is 11.9. The van der Waals surface area contributed by atoms with Crippen molar-refractivity contribution in [2.24, 2.45) is 11.1 Å². The molecule has 1 aliphatic heterocycles. The molecule has 1 fully saturated rings. The number of unbranched alkanes of at least 4 members (excludes halogenated alkanes) is 2. The summed E-state index contributed by atoms with van der Waals surface area (Å²) in [6.45, 7) is 3.55. The van der Waals surface area contributed by atoms with E-state index < -0.39 is 5.41 Å². The third kappa shape index (κ3) is 3.17. The molecular weight excluding hydrogens is 208 g/mol. The van der Waals surface area contributed by atoms with Crippen molar-refractivity contribution in [2.75, 3.05) is 26.4 Å². The third-order valence-electron chi connectivity index (χ3n) is 3.16. The first-order chi connectivity index (χ1) is 7.61. The first kappa shape index (κ1) is 13.4. The number of nitrogens with two attached hydrogens (primary N) is 1. The van der Waals surface area contributed by atoms with E-state index in [1.165, 1.54) is 0 Å². The van der Waals surface area contributed by atoms with E-state index in [9.17, 15) is 4.79 Å². The Labute approximate surface area is 96.3 Å². The molecule has 0 aromatic heterocycles. The van der Waals surface area contributed by atoms with Gasteiger partial charge in [-0.25, -0.2) is 0 Å². The molecule has 0 bridgehead atoms. The van der Waals surface area contributed by atoms with Crippen LogP contribution in [0.1, 0.15) is 26.2 Å². The molecule has 0 aromatic carbocycles. The van der Waals surface area contributed by atoms with E-state index in [1.54, 1.807) is 0 Å². The van der Waals surface area contributed by atoms with E-state index >= 15 is 0 Å². The fourth-order valence-corrected chi connectivity index (χ4v) is 1.74. The largest absolute Gasteiger partial charge is 0.396 e. The number of hydrogen-bond acceptors (Lipinski definition) is 4. The van der Waals surface area contributed by atoms with Gasteiger partial charge in [-0.3, -0.25) is 4.79 Å². The minimum atomic E-state index is -0.586. The van der Waals surface area contributed by atoms with Crippen molar-refractivity contribution in [2.45, 2.75) is 32.2 Å². The highest BCUT2D eigenvalue weighted by Gasteiger charge is 2.43. The van der Waals surface area contributed by atoms with Crippen LogP contribution >= 0.6 is 0 Å². The van der Waals surface area contributed by atoms with Crippen LogP contribution in [0, 0.1) is 5.41 Å². The second kappa shape index (κ2) is 6.18. The van der Waals surface area contributed by atoms with Crippen molar-refractivity contribution in [1.82, 2.24) is 5.32 Å². The van der Waals surface area contributed by atoms with Gasteiger partial charge in [-0.2, -0.15) is 0 Å². The number of ether oxygens (including phenoxy) is 1. The summed E-state index contributed by atoms with van der Waals surface area (Å²) >= 11 is 0. The van der Waals surface area contributed by atoms with Gasteiger partial charge in [0.25, 0.3) is 0 Å². The number of aliphatic hydroxyl groups excluding tert-OH is 1. The van der Waals surface area contributed by atoms with Crippen LogP contribution in [0.4, 0.5) is 0 Å². The number of amides is 1. The van der Waals surface area contributed by atoms with Gasteiger partial charge in [0.05, 0.1) is 18.6 Å². The van der Waals surface area contributed by atoms with Crippen LogP contribution in [0.5, 0.6) is 0 Å². The van der Waals surface area contributed by atoms with Gasteiger partial charge < -0.3 is 20.9 Å². The molecule has 1 heterocycles. The Morgan fingerprint density at radius 3 is 2.88 bits per heavy atom. The summed E-state index contributed by atoms with van der Waals surface area (Å²) in [5.74, 6) is -0.0264. The molecule has 5 nitrogen and oxygen atoms in total. The Morgan fingerprint density at radius 2 is 2.31 bits per heavy atom. The predicted octanol–water partition coefficient (Wildman–Crippen LogP) is -0.371. The number of carbonyl (C=O) groups excluding carboxylic acids is 1. The zero-order valence-corrected chi connectivity index (χ0v) is 9.87. The zero-order chi connectivity index (χ0) is 12.0. The van der Waals surface area contributed by atoms with Gasteiger partial charge in [-0.05, 0) is 26.2 Å². The summed E-state index contributed by atoms with van der Waals surface area (Å²) in [5, 5.41) is 11.5. The standard InChI is InChI=1S/C11H22N2O3/c1-11(8-16-7-9(11)12)10(15)13-5-3-2-4-6-14/h9,14H,2-8,12H2,1H3,(H,13,15). The van der Waals surface area contributed by atoms with Crippen molar-refractivity contribution in [3.63, 3.8) is 0 Å². The maximum absolute atomic E-state index is 11.9. The molecule has 1 saturated heterocycles. The molecule has 4 N–H and O–H groups in total. The lowest BCUT2D eigenvalue weighted by Crippen LogP contribution is -2.50. The van der Waals surface area contributed by atoms with Gasteiger partial charge in [0.2, 0.25) is 5.91 Å². The van der Waals surface area contributed by atoms with E-state index in [-0.39, 0.29) is 18.6 Å². The van der Waals surface area contributed by atoms with Crippen LogP contribution in [0.3, 0.4) is 0 Å². The molecule has 2 unspecified atom stereocenters. The summed E-state index contributed by atoms with van der Waals surface area (Å²) in [6.07, 6.45) is 2.60. The normalized spacial score (nSPS) is 29.3. The number of rotatable bonds is 6. The average molecular weight is 230 g/mol. The minimum absolute atomic E-state index is 0.0264. The molecule has 16 heavy (non-hydrogen) atoms.